The van der Waals surface area contributed by atoms with Crippen LogP contribution in [-0.4, -0.2) is 40.0 Å². The zero-order chi connectivity index (χ0) is 19.8. The second-order valence-electron chi connectivity index (χ2n) is 7.13. The number of ether oxygens (including phenoxy) is 2. The number of aromatic carboxylic acids is 1. The molecule has 1 aliphatic heterocycles. The van der Waals surface area contributed by atoms with Gasteiger partial charge in [0.25, 0.3) is 0 Å². The van der Waals surface area contributed by atoms with Crippen molar-refractivity contribution in [2.75, 3.05) is 6.61 Å². The molecule has 2 N–H and O–H groups in total. The minimum absolute atomic E-state index is 0.00925. The van der Waals surface area contributed by atoms with E-state index in [4.69, 9.17) is 14.6 Å². The number of thiazole rings is 1. The molecule has 6 nitrogen and oxygen atoms in total. The number of carbonyl (C=O) groups is 1. The van der Waals surface area contributed by atoms with Crippen LogP contribution in [0.25, 0.3) is 0 Å². The zero-order valence-corrected chi connectivity index (χ0v) is 15.6. The van der Waals surface area contributed by atoms with E-state index in [1.54, 1.807) is 0 Å². The van der Waals surface area contributed by atoms with Crippen LogP contribution in [0.15, 0.2) is 23.6 Å². The quantitative estimate of drug-likeness (QED) is 0.784. The number of aliphatic hydroxyl groups excluding tert-OH is 1. The molecule has 1 aromatic heterocycles. The molecule has 2 aromatic rings. The molecule has 0 spiro atoms. The van der Waals surface area contributed by atoms with E-state index in [0.29, 0.717) is 17.8 Å². The normalized spacial score (nSPS) is 29.5. The van der Waals surface area contributed by atoms with E-state index in [0.717, 1.165) is 18.6 Å². The molecule has 0 amide bonds. The van der Waals surface area contributed by atoms with E-state index >= 15 is 0 Å². The summed E-state index contributed by atoms with van der Waals surface area (Å²) >= 11 is 1.26. The molecule has 0 bridgehead atoms. The molecule has 2 fully saturated rings. The molecule has 1 saturated heterocycles. The Bertz CT molecular complexity index is 876. The van der Waals surface area contributed by atoms with E-state index in [1.165, 1.54) is 22.8 Å². The molecule has 2 aliphatic rings. The van der Waals surface area contributed by atoms with Gasteiger partial charge in [0.05, 0.1) is 18.8 Å². The summed E-state index contributed by atoms with van der Waals surface area (Å²) in [5.74, 6) is -2.86. The summed E-state index contributed by atoms with van der Waals surface area (Å²) in [5, 5.41) is 21.6. The summed E-state index contributed by atoms with van der Waals surface area (Å²) in [6, 6.07) is 3.35. The van der Waals surface area contributed by atoms with Gasteiger partial charge in [-0.15, -0.1) is 11.3 Å². The second-order valence-corrected chi connectivity index (χ2v) is 8.02. The number of nitrogens with zero attached hydrogens (tertiary/aromatic N) is 1. The second kappa shape index (κ2) is 7.73. The van der Waals surface area contributed by atoms with Gasteiger partial charge >= 0.3 is 5.97 Å². The third-order valence-corrected chi connectivity index (χ3v) is 6.38. The van der Waals surface area contributed by atoms with Crippen molar-refractivity contribution in [3.8, 4) is 5.75 Å². The fourth-order valence-electron chi connectivity index (χ4n) is 4.04. The summed E-state index contributed by atoms with van der Waals surface area (Å²) in [4.78, 5) is 15.1. The lowest BCUT2D eigenvalue weighted by atomic mass is 9.87. The highest BCUT2D eigenvalue weighted by atomic mass is 32.1. The summed E-state index contributed by atoms with van der Waals surface area (Å²) in [6.07, 6.45) is 0.818. The fraction of sp³-hybridized carbons (Fsp3) is 0.474. The first-order chi connectivity index (χ1) is 13.4. The van der Waals surface area contributed by atoms with Crippen LogP contribution in [0.4, 0.5) is 8.78 Å². The van der Waals surface area contributed by atoms with Crippen LogP contribution in [0, 0.1) is 23.5 Å². The number of aliphatic hydroxyl groups is 1. The molecule has 1 saturated carbocycles. The average Bonchev–Trinajstić information content (AvgIpc) is 3.27. The van der Waals surface area contributed by atoms with Crippen molar-refractivity contribution in [2.24, 2.45) is 11.8 Å². The molecule has 1 aliphatic carbocycles. The van der Waals surface area contributed by atoms with Crippen molar-refractivity contribution in [1.29, 1.82) is 0 Å². The maximum absolute atomic E-state index is 13.3. The molecule has 28 heavy (non-hydrogen) atoms. The third kappa shape index (κ3) is 3.74. The predicted octanol–water partition coefficient (Wildman–Crippen LogP) is 3.42. The van der Waals surface area contributed by atoms with Crippen molar-refractivity contribution in [2.45, 2.75) is 37.6 Å². The van der Waals surface area contributed by atoms with Gasteiger partial charge in [0.1, 0.15) is 16.9 Å². The van der Waals surface area contributed by atoms with Crippen molar-refractivity contribution in [3.05, 3.63) is 45.9 Å². The summed E-state index contributed by atoms with van der Waals surface area (Å²) in [7, 11) is 0. The Balaban J connectivity index is 1.39. The van der Waals surface area contributed by atoms with Crippen LogP contribution in [0.3, 0.4) is 0 Å². The monoisotopic (exact) mass is 411 g/mol. The van der Waals surface area contributed by atoms with Gasteiger partial charge in [-0.2, -0.15) is 0 Å². The van der Waals surface area contributed by atoms with Crippen LogP contribution in [0.2, 0.25) is 0 Å². The van der Waals surface area contributed by atoms with Gasteiger partial charge in [-0.3, -0.25) is 0 Å². The number of hydrogen-bond acceptors (Lipinski definition) is 6. The van der Waals surface area contributed by atoms with Gasteiger partial charge in [0.15, 0.2) is 17.3 Å². The van der Waals surface area contributed by atoms with Gasteiger partial charge in [-0.25, -0.2) is 18.6 Å². The van der Waals surface area contributed by atoms with Gasteiger partial charge in [0, 0.05) is 23.8 Å². The SMILES string of the molecule is O=C(O)c1csc([C@H]2CC[C@@H]3[C@@H](COc4ccc(F)c(F)c4)[C@H](O)C[C@@H]3O2)n1. The molecule has 2 heterocycles. The maximum atomic E-state index is 13.3. The fourth-order valence-corrected chi connectivity index (χ4v) is 4.90. The Morgan fingerprint density at radius 3 is 2.86 bits per heavy atom. The van der Waals surface area contributed by atoms with E-state index in [9.17, 15) is 18.7 Å². The lowest BCUT2D eigenvalue weighted by Gasteiger charge is -2.33. The third-order valence-electron chi connectivity index (χ3n) is 5.45. The van der Waals surface area contributed by atoms with E-state index in [2.05, 4.69) is 4.98 Å². The molecule has 4 rings (SSSR count). The number of benzene rings is 1. The van der Waals surface area contributed by atoms with Gasteiger partial charge in [-0.1, -0.05) is 0 Å². The highest BCUT2D eigenvalue weighted by Crippen LogP contribution is 2.46. The molecule has 0 radical (unpaired) electrons. The first-order valence-corrected chi connectivity index (χ1v) is 9.90. The zero-order valence-electron chi connectivity index (χ0n) is 14.8. The minimum Gasteiger partial charge on any atom is -0.493 e. The minimum atomic E-state index is -1.07. The first kappa shape index (κ1) is 19.2. The Hall–Kier alpha value is -2.10. The number of carboxylic acids is 1. The van der Waals surface area contributed by atoms with Gasteiger partial charge in [-0.05, 0) is 30.9 Å². The Kier molecular flexibility index (Phi) is 5.31. The predicted molar refractivity (Wildman–Crippen MR) is 95.4 cm³/mol. The van der Waals surface area contributed by atoms with Crippen LogP contribution in [0.5, 0.6) is 5.75 Å². The number of halogens is 2. The topological polar surface area (TPSA) is 88.9 Å². The Labute approximate surface area is 163 Å². The maximum Gasteiger partial charge on any atom is 0.355 e. The number of hydrogen-bond donors (Lipinski definition) is 2. The highest BCUT2D eigenvalue weighted by molar-refractivity contribution is 7.09. The molecule has 150 valence electrons. The Morgan fingerprint density at radius 2 is 2.14 bits per heavy atom. The van der Waals surface area contributed by atoms with Gasteiger partial charge < -0.3 is 19.7 Å². The molecular weight excluding hydrogens is 392 g/mol. The lowest BCUT2D eigenvalue weighted by Crippen LogP contribution is -2.33. The summed E-state index contributed by atoms with van der Waals surface area (Å²) in [6.45, 7) is 0.182. The molecule has 9 heteroatoms. The standard InChI is InChI=1S/C19H19F2NO5S/c20-12-3-1-9(5-13(12)21)26-7-11-10-2-4-16(27-17(10)6-15(11)23)18-22-14(8-28-18)19(24)25/h1,3,5,8,10-11,15-17,23H,2,4,6-7H2,(H,24,25)/t10-,11-,15-,16-,17+/m1/s1. The lowest BCUT2D eigenvalue weighted by molar-refractivity contribution is -0.0812. The van der Waals surface area contributed by atoms with E-state index < -0.39 is 23.7 Å². The van der Waals surface area contributed by atoms with Crippen molar-refractivity contribution >= 4 is 17.3 Å². The first-order valence-electron chi connectivity index (χ1n) is 9.02. The van der Waals surface area contributed by atoms with Crippen LogP contribution in [-0.2, 0) is 4.74 Å². The van der Waals surface area contributed by atoms with Crippen LogP contribution < -0.4 is 4.74 Å². The van der Waals surface area contributed by atoms with E-state index in [-0.39, 0.29) is 42.1 Å². The molecule has 0 unspecified atom stereocenters. The number of fused-ring (bicyclic) bond motifs is 1. The van der Waals surface area contributed by atoms with Crippen molar-refractivity contribution in [3.63, 3.8) is 0 Å². The number of carboxylic acid groups (broad SMARTS) is 1. The largest absolute Gasteiger partial charge is 0.493 e. The number of rotatable bonds is 5. The van der Waals surface area contributed by atoms with Crippen LogP contribution >= 0.6 is 11.3 Å². The number of aromatic nitrogens is 1. The van der Waals surface area contributed by atoms with Gasteiger partial charge in [0.2, 0.25) is 0 Å². The summed E-state index contributed by atoms with van der Waals surface area (Å²) < 4.78 is 38.0. The molecule has 1 aromatic carbocycles. The molecule has 5 atom stereocenters. The van der Waals surface area contributed by atoms with E-state index in [1.807, 2.05) is 0 Å². The van der Waals surface area contributed by atoms with Crippen LogP contribution in [0.1, 0.15) is 40.9 Å². The van der Waals surface area contributed by atoms with Crippen molar-refractivity contribution in [1.82, 2.24) is 4.98 Å². The summed E-state index contributed by atoms with van der Waals surface area (Å²) in [5.41, 5.74) is 0.00925. The van der Waals surface area contributed by atoms with Crippen molar-refractivity contribution < 1.29 is 33.3 Å². The molecular formula is C19H19F2NO5S. The Morgan fingerprint density at radius 1 is 1.32 bits per heavy atom. The highest BCUT2D eigenvalue weighted by Gasteiger charge is 2.47. The average molecular weight is 411 g/mol. The smallest absolute Gasteiger partial charge is 0.355 e.